The van der Waals surface area contributed by atoms with Gasteiger partial charge in [0.2, 0.25) is 0 Å². The first kappa shape index (κ1) is 9.84. The summed E-state index contributed by atoms with van der Waals surface area (Å²) in [6.07, 6.45) is -3.01. The molecular weight excluding hydrogens is 167 g/mol. The Morgan fingerprint density at radius 3 is 2.58 bits per heavy atom. The molecule has 0 unspecified atom stereocenters. The molecule has 1 fully saturated rings. The van der Waals surface area contributed by atoms with E-state index in [1.54, 1.807) is 0 Å². The van der Waals surface area contributed by atoms with Gasteiger partial charge >= 0.3 is 6.18 Å². The molecule has 0 saturated carbocycles. The van der Waals surface area contributed by atoms with Gasteiger partial charge in [0.1, 0.15) is 0 Å². The lowest BCUT2D eigenvalue weighted by Crippen LogP contribution is -2.41. The molecule has 0 bridgehead atoms. The summed E-state index contributed by atoms with van der Waals surface area (Å²) in [5, 5.41) is 0. The fourth-order valence-electron chi connectivity index (χ4n) is 1.61. The normalized spacial score (nSPS) is 27.5. The van der Waals surface area contributed by atoms with E-state index in [0.717, 1.165) is 13.1 Å². The number of hydrogen-bond acceptors (Lipinski definition) is 1. The Hall–Kier alpha value is -0.250. The first-order valence-electron chi connectivity index (χ1n) is 4.33. The topological polar surface area (TPSA) is 3.24 Å². The van der Waals surface area contributed by atoms with Gasteiger partial charge in [-0.2, -0.15) is 13.2 Å². The zero-order valence-electron chi connectivity index (χ0n) is 7.19. The number of rotatable bonds is 1. The standard InChI is InChI=1S/C8H14F3N/c1-2-12-5-3-4-7(6-12)8(9,10)11/h7H,2-6H2,1H3/t7-/m1/s1. The van der Waals surface area contributed by atoms with E-state index in [1.165, 1.54) is 0 Å². The smallest absolute Gasteiger partial charge is 0.303 e. The highest BCUT2D eigenvalue weighted by Crippen LogP contribution is 2.32. The number of alkyl halides is 3. The lowest BCUT2D eigenvalue weighted by Gasteiger charge is -2.32. The molecule has 72 valence electrons. The van der Waals surface area contributed by atoms with Crippen molar-refractivity contribution in [1.29, 1.82) is 0 Å². The lowest BCUT2D eigenvalue weighted by molar-refractivity contribution is -0.186. The van der Waals surface area contributed by atoms with E-state index < -0.39 is 12.1 Å². The predicted octanol–water partition coefficient (Wildman–Crippen LogP) is 2.28. The van der Waals surface area contributed by atoms with Crippen molar-refractivity contribution in [3.05, 3.63) is 0 Å². The summed E-state index contributed by atoms with van der Waals surface area (Å²) in [5.74, 6) is -1.09. The zero-order chi connectivity index (χ0) is 9.19. The van der Waals surface area contributed by atoms with Crippen molar-refractivity contribution in [3.63, 3.8) is 0 Å². The molecule has 1 saturated heterocycles. The van der Waals surface area contributed by atoms with Crippen LogP contribution in [0.25, 0.3) is 0 Å². The predicted molar refractivity (Wildman–Crippen MR) is 40.9 cm³/mol. The van der Waals surface area contributed by atoms with Crippen LogP contribution in [0, 0.1) is 5.92 Å². The third-order valence-electron chi connectivity index (χ3n) is 2.42. The molecule has 12 heavy (non-hydrogen) atoms. The summed E-state index contributed by atoms with van der Waals surface area (Å²) in [6.45, 7) is 3.65. The molecule has 0 N–H and O–H groups in total. The van der Waals surface area contributed by atoms with Crippen LogP contribution in [0.15, 0.2) is 0 Å². The van der Waals surface area contributed by atoms with E-state index in [4.69, 9.17) is 0 Å². The summed E-state index contributed by atoms with van der Waals surface area (Å²) in [6, 6.07) is 0. The van der Waals surface area contributed by atoms with Gasteiger partial charge in [0.25, 0.3) is 0 Å². The highest BCUT2D eigenvalue weighted by molar-refractivity contribution is 4.77. The molecule has 4 heteroatoms. The zero-order valence-corrected chi connectivity index (χ0v) is 7.19. The van der Waals surface area contributed by atoms with Crippen molar-refractivity contribution < 1.29 is 13.2 Å². The Morgan fingerprint density at radius 2 is 2.08 bits per heavy atom. The van der Waals surface area contributed by atoms with E-state index in [0.29, 0.717) is 12.8 Å². The fourth-order valence-corrected chi connectivity index (χ4v) is 1.61. The maximum absolute atomic E-state index is 12.2. The Morgan fingerprint density at radius 1 is 1.42 bits per heavy atom. The van der Waals surface area contributed by atoms with Gasteiger partial charge in [-0.25, -0.2) is 0 Å². The van der Waals surface area contributed by atoms with Crippen molar-refractivity contribution in [2.75, 3.05) is 19.6 Å². The third kappa shape index (κ3) is 2.37. The molecule has 1 aliphatic heterocycles. The number of likely N-dealkylation sites (tertiary alicyclic amines) is 1. The third-order valence-corrected chi connectivity index (χ3v) is 2.42. The maximum Gasteiger partial charge on any atom is 0.393 e. The van der Waals surface area contributed by atoms with Crippen LogP contribution in [-0.2, 0) is 0 Å². The quantitative estimate of drug-likeness (QED) is 0.600. The van der Waals surface area contributed by atoms with Gasteiger partial charge < -0.3 is 4.90 Å². The van der Waals surface area contributed by atoms with Gasteiger partial charge in [0.15, 0.2) is 0 Å². The van der Waals surface area contributed by atoms with E-state index in [9.17, 15) is 13.2 Å². The SMILES string of the molecule is CCN1CCC[C@@H](C(F)(F)F)C1. The molecular formula is C8H14F3N. The maximum atomic E-state index is 12.2. The highest BCUT2D eigenvalue weighted by Gasteiger charge is 2.41. The van der Waals surface area contributed by atoms with Crippen LogP contribution in [0.4, 0.5) is 13.2 Å². The monoisotopic (exact) mass is 181 g/mol. The second-order valence-electron chi connectivity index (χ2n) is 3.27. The average Bonchev–Trinajstić information content (AvgIpc) is 2.03. The van der Waals surface area contributed by atoms with Crippen LogP contribution in [-0.4, -0.2) is 30.7 Å². The van der Waals surface area contributed by atoms with E-state index >= 15 is 0 Å². The van der Waals surface area contributed by atoms with Crippen LogP contribution in [0.2, 0.25) is 0 Å². The highest BCUT2D eigenvalue weighted by atomic mass is 19.4. The summed E-state index contributed by atoms with van der Waals surface area (Å²) >= 11 is 0. The number of nitrogens with zero attached hydrogens (tertiary/aromatic N) is 1. The molecule has 0 aromatic heterocycles. The largest absolute Gasteiger partial charge is 0.393 e. The Kier molecular flexibility index (Phi) is 2.99. The number of piperidine rings is 1. The Labute approximate surface area is 70.5 Å². The van der Waals surface area contributed by atoms with Crippen molar-refractivity contribution >= 4 is 0 Å². The van der Waals surface area contributed by atoms with Gasteiger partial charge in [0, 0.05) is 6.54 Å². The molecule has 1 heterocycles. The fraction of sp³-hybridized carbons (Fsp3) is 1.00. The first-order chi connectivity index (χ1) is 5.54. The molecule has 1 nitrogen and oxygen atoms in total. The number of halogens is 3. The van der Waals surface area contributed by atoms with Gasteiger partial charge in [0.05, 0.1) is 5.92 Å². The Bertz CT molecular complexity index is 144. The second kappa shape index (κ2) is 3.64. The molecule has 0 spiro atoms. The van der Waals surface area contributed by atoms with Crippen LogP contribution in [0.5, 0.6) is 0 Å². The second-order valence-corrected chi connectivity index (χ2v) is 3.27. The van der Waals surface area contributed by atoms with E-state index in [-0.39, 0.29) is 6.54 Å². The van der Waals surface area contributed by atoms with Crippen molar-refractivity contribution in [2.45, 2.75) is 25.9 Å². The number of hydrogen-bond donors (Lipinski definition) is 0. The lowest BCUT2D eigenvalue weighted by atomic mass is 9.98. The summed E-state index contributed by atoms with van der Waals surface area (Å²) < 4.78 is 36.7. The van der Waals surface area contributed by atoms with Crippen LogP contribution < -0.4 is 0 Å². The summed E-state index contributed by atoms with van der Waals surface area (Å²) in [4.78, 5) is 1.86. The van der Waals surface area contributed by atoms with Gasteiger partial charge in [-0.1, -0.05) is 6.92 Å². The van der Waals surface area contributed by atoms with Gasteiger partial charge in [-0.15, -0.1) is 0 Å². The van der Waals surface area contributed by atoms with Crippen LogP contribution >= 0.6 is 0 Å². The average molecular weight is 181 g/mol. The summed E-state index contributed by atoms with van der Waals surface area (Å²) in [7, 11) is 0. The van der Waals surface area contributed by atoms with Gasteiger partial charge in [-0.05, 0) is 25.9 Å². The summed E-state index contributed by atoms with van der Waals surface area (Å²) in [5.41, 5.74) is 0. The van der Waals surface area contributed by atoms with E-state index in [2.05, 4.69) is 0 Å². The minimum Gasteiger partial charge on any atom is -0.303 e. The minimum absolute atomic E-state index is 0.194. The minimum atomic E-state index is -3.99. The molecule has 0 radical (unpaired) electrons. The molecule has 1 atom stereocenters. The Balaban J connectivity index is 2.46. The molecule has 1 rings (SSSR count). The first-order valence-corrected chi connectivity index (χ1v) is 4.33. The molecule has 0 aliphatic carbocycles. The van der Waals surface area contributed by atoms with Crippen molar-refractivity contribution in [2.24, 2.45) is 5.92 Å². The van der Waals surface area contributed by atoms with Crippen LogP contribution in [0.3, 0.4) is 0 Å². The van der Waals surface area contributed by atoms with E-state index in [1.807, 2.05) is 11.8 Å². The van der Waals surface area contributed by atoms with Crippen LogP contribution in [0.1, 0.15) is 19.8 Å². The molecule has 0 aromatic rings. The molecule has 0 amide bonds. The molecule has 1 aliphatic rings. The van der Waals surface area contributed by atoms with Crippen molar-refractivity contribution in [3.8, 4) is 0 Å². The molecule has 0 aromatic carbocycles. The van der Waals surface area contributed by atoms with Crippen molar-refractivity contribution in [1.82, 2.24) is 4.90 Å². The van der Waals surface area contributed by atoms with Gasteiger partial charge in [-0.3, -0.25) is 0 Å².